The molecule has 0 spiro atoms. The number of benzene rings is 1. The average Bonchev–Trinajstić information content (AvgIpc) is 3.03. The highest BCUT2D eigenvalue weighted by molar-refractivity contribution is 6.35. The van der Waals surface area contributed by atoms with Gasteiger partial charge in [0.25, 0.3) is 5.56 Å². The van der Waals surface area contributed by atoms with Gasteiger partial charge in [-0.3, -0.25) is 9.89 Å². The number of halogens is 2. The molecular weight excluding hydrogens is 341 g/mol. The van der Waals surface area contributed by atoms with Crippen molar-refractivity contribution in [1.82, 2.24) is 25.1 Å². The molecule has 1 atom stereocenters. The van der Waals surface area contributed by atoms with Crippen LogP contribution in [0, 0.1) is 5.82 Å². The van der Waals surface area contributed by atoms with E-state index in [1.54, 1.807) is 0 Å². The molecule has 0 saturated carbocycles. The number of hydrogen-bond donors (Lipinski definition) is 3. The zero-order valence-electron chi connectivity index (χ0n) is 12.2. The van der Waals surface area contributed by atoms with Crippen LogP contribution in [-0.2, 0) is 0 Å². The van der Waals surface area contributed by atoms with E-state index in [9.17, 15) is 14.0 Å². The Hall–Kier alpha value is -2.94. The third-order valence-electron chi connectivity index (χ3n) is 3.41. The van der Waals surface area contributed by atoms with Gasteiger partial charge in [-0.15, -0.1) is 0 Å². The van der Waals surface area contributed by atoms with Crippen LogP contribution >= 0.6 is 11.6 Å². The van der Waals surface area contributed by atoms with Gasteiger partial charge in [-0.05, 0) is 19.1 Å². The van der Waals surface area contributed by atoms with Crippen molar-refractivity contribution < 1.29 is 14.3 Å². The summed E-state index contributed by atoms with van der Waals surface area (Å²) in [5.74, 6) is -0.380. The predicted molar refractivity (Wildman–Crippen MR) is 84.0 cm³/mol. The van der Waals surface area contributed by atoms with E-state index in [0.29, 0.717) is 0 Å². The lowest BCUT2D eigenvalue weighted by Crippen LogP contribution is -2.32. The number of H-pyrrole nitrogens is 1. The molecule has 3 aromatic rings. The molecule has 2 aromatic heterocycles. The Morgan fingerprint density at radius 1 is 1.46 bits per heavy atom. The van der Waals surface area contributed by atoms with E-state index in [2.05, 4.69) is 20.5 Å². The molecule has 124 valence electrons. The molecule has 24 heavy (non-hydrogen) atoms. The molecule has 0 radical (unpaired) electrons. The van der Waals surface area contributed by atoms with Gasteiger partial charge < -0.3 is 10.4 Å². The van der Waals surface area contributed by atoms with Crippen LogP contribution in [0.1, 0.15) is 18.8 Å². The Balaban J connectivity index is 2.38. The molecule has 1 amide bonds. The quantitative estimate of drug-likeness (QED) is 0.669. The van der Waals surface area contributed by atoms with Crippen molar-refractivity contribution in [3.63, 3.8) is 0 Å². The summed E-state index contributed by atoms with van der Waals surface area (Å²) < 4.78 is 14.8. The zero-order valence-corrected chi connectivity index (χ0v) is 13.0. The van der Waals surface area contributed by atoms with Crippen LogP contribution in [0.4, 0.5) is 9.18 Å². The number of rotatable bonds is 3. The van der Waals surface area contributed by atoms with E-state index >= 15 is 0 Å². The highest BCUT2D eigenvalue weighted by Gasteiger charge is 2.22. The molecule has 0 aliphatic carbocycles. The zero-order chi connectivity index (χ0) is 17.4. The van der Waals surface area contributed by atoms with Gasteiger partial charge in [-0.2, -0.15) is 5.10 Å². The number of carbonyl (C=O) groups is 1. The van der Waals surface area contributed by atoms with Crippen molar-refractivity contribution in [2.45, 2.75) is 13.0 Å². The first-order valence-corrected chi connectivity index (χ1v) is 7.18. The molecule has 0 bridgehead atoms. The summed E-state index contributed by atoms with van der Waals surface area (Å²) in [4.78, 5) is 28.1. The molecular formula is C14H11ClFN5O3. The summed E-state index contributed by atoms with van der Waals surface area (Å²) in [6.07, 6.45) is 0.142. The van der Waals surface area contributed by atoms with Crippen LogP contribution in [0.2, 0.25) is 5.02 Å². The van der Waals surface area contributed by atoms with E-state index in [4.69, 9.17) is 16.7 Å². The second kappa shape index (κ2) is 5.93. The smallest absolute Gasteiger partial charge is 0.405 e. The highest BCUT2D eigenvalue weighted by atomic mass is 35.5. The summed E-state index contributed by atoms with van der Waals surface area (Å²) in [5, 5.41) is 17.1. The number of carboxylic acid groups (broad SMARTS) is 1. The molecule has 0 fully saturated rings. The van der Waals surface area contributed by atoms with Gasteiger partial charge in [-0.1, -0.05) is 11.6 Å². The largest absolute Gasteiger partial charge is 0.465 e. The van der Waals surface area contributed by atoms with Crippen LogP contribution < -0.4 is 10.9 Å². The molecule has 0 saturated heterocycles. The maximum atomic E-state index is 13.7. The van der Waals surface area contributed by atoms with Crippen molar-refractivity contribution in [3.05, 3.63) is 51.4 Å². The molecule has 1 unspecified atom stereocenters. The number of nitrogens with zero attached hydrogens (tertiary/aromatic N) is 3. The van der Waals surface area contributed by atoms with Crippen molar-refractivity contribution in [3.8, 4) is 5.82 Å². The minimum atomic E-state index is -1.27. The normalized spacial score (nSPS) is 12.3. The molecule has 1 aromatic carbocycles. The third-order valence-corrected chi connectivity index (χ3v) is 3.78. The maximum absolute atomic E-state index is 13.7. The summed E-state index contributed by atoms with van der Waals surface area (Å²) in [6, 6.07) is 3.09. The number of fused-ring (bicyclic) bond motifs is 1. The van der Waals surface area contributed by atoms with Gasteiger partial charge in [0.2, 0.25) is 0 Å². The summed E-state index contributed by atoms with van der Waals surface area (Å²) >= 11 is 5.92. The van der Waals surface area contributed by atoms with E-state index in [1.807, 2.05) is 0 Å². The van der Waals surface area contributed by atoms with Gasteiger partial charge in [-0.25, -0.2) is 18.7 Å². The Kier molecular flexibility index (Phi) is 3.94. The monoisotopic (exact) mass is 351 g/mol. The van der Waals surface area contributed by atoms with E-state index < -0.39 is 23.5 Å². The molecule has 8 nitrogen and oxygen atoms in total. The van der Waals surface area contributed by atoms with Gasteiger partial charge in [0, 0.05) is 6.07 Å². The second-order valence-corrected chi connectivity index (χ2v) is 5.36. The first-order chi connectivity index (χ1) is 11.4. The fourth-order valence-electron chi connectivity index (χ4n) is 2.37. The van der Waals surface area contributed by atoms with E-state index in [0.717, 1.165) is 10.6 Å². The fraction of sp³-hybridized carbons (Fsp3) is 0.143. The van der Waals surface area contributed by atoms with Gasteiger partial charge in [0.15, 0.2) is 0 Å². The Morgan fingerprint density at radius 2 is 2.21 bits per heavy atom. The van der Waals surface area contributed by atoms with Crippen molar-refractivity contribution >= 4 is 28.6 Å². The van der Waals surface area contributed by atoms with E-state index in [1.165, 1.54) is 25.3 Å². The minimum absolute atomic E-state index is 0.0995. The predicted octanol–water partition coefficient (Wildman–Crippen LogP) is 2.23. The summed E-state index contributed by atoms with van der Waals surface area (Å²) in [6.45, 7) is 1.53. The topological polar surface area (TPSA) is 113 Å². The van der Waals surface area contributed by atoms with Gasteiger partial charge in [0.05, 0.1) is 28.2 Å². The molecule has 3 N–H and O–H groups in total. The van der Waals surface area contributed by atoms with Crippen molar-refractivity contribution in [2.24, 2.45) is 0 Å². The van der Waals surface area contributed by atoms with Crippen LogP contribution in [0.25, 0.3) is 16.7 Å². The first-order valence-electron chi connectivity index (χ1n) is 6.80. The summed E-state index contributed by atoms with van der Waals surface area (Å²) in [7, 11) is 0. The van der Waals surface area contributed by atoms with Crippen molar-refractivity contribution in [2.75, 3.05) is 0 Å². The lowest BCUT2D eigenvalue weighted by atomic mass is 10.2. The molecule has 0 aliphatic heterocycles. The number of aromatic nitrogens is 4. The Bertz CT molecular complexity index is 986. The molecule has 3 rings (SSSR count). The standard InChI is InChI=1S/C14H11ClFN5O3/c1-6(18-14(23)24)12-19-8-3-2-7(16)11(15)10(8)13(22)21(12)9-4-5-17-20-9/h2-6,18H,1H3,(H,17,20)(H,23,24). The van der Waals surface area contributed by atoms with E-state index in [-0.39, 0.29) is 27.6 Å². The highest BCUT2D eigenvalue weighted by Crippen LogP contribution is 2.24. The SMILES string of the molecule is CC(NC(=O)O)c1nc2ccc(F)c(Cl)c2c(=O)n1-c1ccn[nH]1. The van der Waals surface area contributed by atoms with Crippen molar-refractivity contribution in [1.29, 1.82) is 0 Å². The number of nitrogens with one attached hydrogen (secondary N) is 2. The average molecular weight is 352 g/mol. The Morgan fingerprint density at radius 3 is 2.83 bits per heavy atom. The van der Waals surface area contributed by atoms with Gasteiger partial charge >= 0.3 is 6.09 Å². The fourth-order valence-corrected chi connectivity index (χ4v) is 2.61. The first kappa shape index (κ1) is 15.9. The number of hydrogen-bond acceptors (Lipinski definition) is 4. The molecule has 10 heteroatoms. The Labute approximate surface area is 138 Å². The van der Waals surface area contributed by atoms with Crippen LogP contribution in [0.3, 0.4) is 0 Å². The van der Waals surface area contributed by atoms with Crippen LogP contribution in [-0.4, -0.2) is 30.9 Å². The molecule has 2 heterocycles. The maximum Gasteiger partial charge on any atom is 0.405 e. The number of aromatic amines is 1. The van der Waals surface area contributed by atoms with Crippen LogP contribution in [0.15, 0.2) is 29.2 Å². The van der Waals surface area contributed by atoms with Crippen LogP contribution in [0.5, 0.6) is 0 Å². The lowest BCUT2D eigenvalue weighted by molar-refractivity contribution is 0.190. The number of amides is 1. The van der Waals surface area contributed by atoms with Gasteiger partial charge in [0.1, 0.15) is 17.5 Å². The minimum Gasteiger partial charge on any atom is -0.465 e. The molecule has 0 aliphatic rings. The summed E-state index contributed by atoms with van der Waals surface area (Å²) in [5.41, 5.74) is -0.473. The second-order valence-electron chi connectivity index (χ2n) is 4.98. The third kappa shape index (κ3) is 2.58. The lowest BCUT2D eigenvalue weighted by Gasteiger charge is -2.17.